The van der Waals surface area contributed by atoms with E-state index in [1.165, 1.54) is 44.1 Å². The first-order valence-corrected chi connectivity index (χ1v) is 13.3. The Morgan fingerprint density at radius 1 is 1.13 bits per heavy atom. The first-order chi connectivity index (χ1) is 14.3. The second-order valence-electron chi connectivity index (χ2n) is 12.3. The second-order valence-corrected chi connectivity index (χ2v) is 12.3. The zero-order valence-corrected chi connectivity index (χ0v) is 20.5. The van der Waals surface area contributed by atoms with Crippen molar-refractivity contribution in [3.05, 3.63) is 23.8 Å². The molecule has 4 rings (SSSR count). The maximum Gasteiger partial charge on any atom is 0.104 e. The lowest BCUT2D eigenvalue weighted by Crippen LogP contribution is -2.48. The molecule has 3 fully saturated rings. The molecule has 4 aliphatic carbocycles. The molecule has 10 atom stereocenters. The lowest BCUT2D eigenvalue weighted by atomic mass is 9.50. The Balaban J connectivity index is 1.51. The molecule has 30 heavy (non-hydrogen) atoms. The molecule has 4 aliphatic rings. The predicted octanol–water partition coefficient (Wildman–Crippen LogP) is 8.63. The van der Waals surface area contributed by atoms with Crippen molar-refractivity contribution in [2.45, 2.75) is 99.1 Å². The molecule has 0 aromatic heterocycles. The Kier molecular flexibility index (Phi) is 6.59. The lowest BCUT2D eigenvalue weighted by molar-refractivity contribution is -0.0318. The molecule has 1 unspecified atom stereocenters. The molecule has 0 aromatic carbocycles. The minimum absolute atomic E-state index is 0.510. The standard InChI is InChI=1S/C29H47F/c1-7-21(18(2)3)9-8-19(4)26-12-13-27-24-11-10-22-17-23(30)16-20(5)28(22)25(24)14-15-29(26,27)6/h8-10,18-21,23-28H,7,11-17H2,1-6H3/b9-8+/t19-,20-,21-,23-,24-,25+,26-,27+,28?,29-/m1/s1. The van der Waals surface area contributed by atoms with Crippen molar-refractivity contribution in [1.29, 1.82) is 0 Å². The summed E-state index contributed by atoms with van der Waals surface area (Å²) < 4.78 is 14.2. The highest BCUT2D eigenvalue weighted by Crippen LogP contribution is 2.65. The van der Waals surface area contributed by atoms with Gasteiger partial charge >= 0.3 is 0 Å². The van der Waals surface area contributed by atoms with Crippen LogP contribution in [0.15, 0.2) is 23.8 Å². The third-order valence-corrected chi connectivity index (χ3v) is 10.4. The van der Waals surface area contributed by atoms with Crippen LogP contribution in [0.2, 0.25) is 0 Å². The van der Waals surface area contributed by atoms with Crippen molar-refractivity contribution in [3.8, 4) is 0 Å². The summed E-state index contributed by atoms with van der Waals surface area (Å²) in [5.74, 6) is 6.81. The van der Waals surface area contributed by atoms with E-state index in [4.69, 9.17) is 0 Å². The Morgan fingerprint density at radius 2 is 1.90 bits per heavy atom. The largest absolute Gasteiger partial charge is 0.247 e. The van der Waals surface area contributed by atoms with Gasteiger partial charge < -0.3 is 0 Å². The average Bonchev–Trinajstić information content (AvgIpc) is 3.04. The molecule has 1 heteroatoms. The Morgan fingerprint density at radius 3 is 2.60 bits per heavy atom. The van der Waals surface area contributed by atoms with Crippen LogP contribution in [0.1, 0.15) is 92.9 Å². The fourth-order valence-corrected chi connectivity index (χ4v) is 8.88. The van der Waals surface area contributed by atoms with Gasteiger partial charge in [-0.1, -0.05) is 65.3 Å². The molecule has 0 spiro atoms. The number of alkyl halides is 1. The normalized spacial score (nSPS) is 45.6. The van der Waals surface area contributed by atoms with Crippen molar-refractivity contribution in [2.24, 2.45) is 58.7 Å². The fraction of sp³-hybridized carbons (Fsp3) is 0.862. The number of hydrogen-bond donors (Lipinski definition) is 0. The Hall–Kier alpha value is -0.590. The molecule has 0 aliphatic heterocycles. The van der Waals surface area contributed by atoms with Gasteiger partial charge in [0.15, 0.2) is 0 Å². The van der Waals surface area contributed by atoms with Gasteiger partial charge in [0.25, 0.3) is 0 Å². The number of fused-ring (bicyclic) bond motifs is 5. The molecular weight excluding hydrogens is 367 g/mol. The first-order valence-electron chi connectivity index (χ1n) is 13.3. The van der Waals surface area contributed by atoms with E-state index in [0.717, 1.165) is 48.3 Å². The monoisotopic (exact) mass is 414 g/mol. The summed E-state index contributed by atoms with van der Waals surface area (Å²) in [7, 11) is 0. The molecule has 0 nitrogen and oxygen atoms in total. The van der Waals surface area contributed by atoms with E-state index in [2.05, 4.69) is 59.8 Å². The minimum atomic E-state index is -0.589. The molecule has 0 heterocycles. The van der Waals surface area contributed by atoms with E-state index in [-0.39, 0.29) is 0 Å². The van der Waals surface area contributed by atoms with E-state index in [9.17, 15) is 4.39 Å². The van der Waals surface area contributed by atoms with Gasteiger partial charge in [0.05, 0.1) is 0 Å². The highest BCUT2D eigenvalue weighted by atomic mass is 19.1. The molecule has 0 saturated heterocycles. The third kappa shape index (κ3) is 3.86. The van der Waals surface area contributed by atoms with Crippen LogP contribution in [0.5, 0.6) is 0 Å². The van der Waals surface area contributed by atoms with Crippen LogP contribution in [0, 0.1) is 58.7 Å². The van der Waals surface area contributed by atoms with E-state index < -0.39 is 6.17 Å². The summed E-state index contributed by atoms with van der Waals surface area (Å²) in [5.41, 5.74) is 2.01. The Bertz CT molecular complexity index is 659. The summed E-state index contributed by atoms with van der Waals surface area (Å²) in [6, 6.07) is 0. The smallest absolute Gasteiger partial charge is 0.104 e. The van der Waals surface area contributed by atoms with Crippen LogP contribution < -0.4 is 0 Å². The van der Waals surface area contributed by atoms with Gasteiger partial charge in [-0.15, -0.1) is 0 Å². The molecular formula is C29H47F. The number of hydrogen-bond acceptors (Lipinski definition) is 0. The molecule has 0 aromatic rings. The molecule has 0 bridgehead atoms. The van der Waals surface area contributed by atoms with Crippen molar-refractivity contribution >= 4 is 0 Å². The highest BCUT2D eigenvalue weighted by Gasteiger charge is 2.57. The van der Waals surface area contributed by atoms with Crippen LogP contribution >= 0.6 is 0 Å². The van der Waals surface area contributed by atoms with Gasteiger partial charge in [0, 0.05) is 0 Å². The van der Waals surface area contributed by atoms with E-state index in [1.54, 1.807) is 0 Å². The summed E-state index contributed by atoms with van der Waals surface area (Å²) in [6.45, 7) is 14.5. The van der Waals surface area contributed by atoms with Crippen LogP contribution in [0.25, 0.3) is 0 Å². The summed E-state index contributed by atoms with van der Waals surface area (Å²) in [5, 5.41) is 0. The SMILES string of the molecule is CC[C@H](/C=C/[C@@H](C)[C@H]1CC[C@H]2[C@@H]3CC=C4C[C@H](F)C[C@@H](C)C4[C@H]3CC[C@]12C)C(C)C. The number of allylic oxidation sites excluding steroid dienone is 4. The summed E-state index contributed by atoms with van der Waals surface area (Å²) in [6.07, 6.45) is 16.7. The van der Waals surface area contributed by atoms with Crippen LogP contribution in [-0.4, -0.2) is 6.17 Å². The maximum atomic E-state index is 14.2. The predicted molar refractivity (Wildman–Crippen MR) is 127 cm³/mol. The molecule has 3 saturated carbocycles. The van der Waals surface area contributed by atoms with Crippen LogP contribution in [-0.2, 0) is 0 Å². The lowest BCUT2D eigenvalue weighted by Gasteiger charge is -2.55. The van der Waals surface area contributed by atoms with E-state index >= 15 is 0 Å². The van der Waals surface area contributed by atoms with Crippen molar-refractivity contribution in [3.63, 3.8) is 0 Å². The van der Waals surface area contributed by atoms with E-state index in [1.807, 2.05) is 0 Å². The topological polar surface area (TPSA) is 0 Å². The van der Waals surface area contributed by atoms with Crippen molar-refractivity contribution in [2.75, 3.05) is 0 Å². The van der Waals surface area contributed by atoms with Gasteiger partial charge in [-0.25, -0.2) is 4.39 Å². The van der Waals surface area contributed by atoms with Crippen LogP contribution in [0.3, 0.4) is 0 Å². The van der Waals surface area contributed by atoms with Gasteiger partial charge in [-0.3, -0.25) is 0 Å². The van der Waals surface area contributed by atoms with Crippen molar-refractivity contribution in [1.82, 2.24) is 0 Å². The van der Waals surface area contributed by atoms with Gasteiger partial charge in [-0.05, 0) is 110 Å². The zero-order valence-electron chi connectivity index (χ0n) is 20.5. The minimum Gasteiger partial charge on any atom is -0.247 e. The molecule has 170 valence electrons. The average molecular weight is 415 g/mol. The summed E-state index contributed by atoms with van der Waals surface area (Å²) >= 11 is 0. The van der Waals surface area contributed by atoms with E-state index in [0.29, 0.717) is 23.2 Å². The van der Waals surface area contributed by atoms with Crippen molar-refractivity contribution < 1.29 is 4.39 Å². The molecule has 0 radical (unpaired) electrons. The number of halogens is 1. The highest BCUT2D eigenvalue weighted by molar-refractivity contribution is 5.21. The van der Waals surface area contributed by atoms with Gasteiger partial charge in [0.1, 0.15) is 6.17 Å². The molecule has 0 N–H and O–H groups in total. The molecule has 0 amide bonds. The zero-order chi connectivity index (χ0) is 21.6. The Labute approximate surface area is 186 Å². The second kappa shape index (κ2) is 8.74. The van der Waals surface area contributed by atoms with Crippen LogP contribution in [0.4, 0.5) is 4.39 Å². The maximum absolute atomic E-state index is 14.2. The fourth-order valence-electron chi connectivity index (χ4n) is 8.88. The van der Waals surface area contributed by atoms with Gasteiger partial charge in [0.2, 0.25) is 0 Å². The third-order valence-electron chi connectivity index (χ3n) is 10.4. The summed E-state index contributed by atoms with van der Waals surface area (Å²) in [4.78, 5) is 0. The first kappa shape index (κ1) is 22.6. The number of rotatable bonds is 5. The quantitative estimate of drug-likeness (QED) is 0.395. The van der Waals surface area contributed by atoms with Gasteiger partial charge in [-0.2, -0.15) is 0 Å².